The molecule has 4 rings (SSSR count). The van der Waals surface area contributed by atoms with Crippen LogP contribution in [0.5, 0.6) is 0 Å². The summed E-state index contributed by atoms with van der Waals surface area (Å²) in [7, 11) is -3.84. The van der Waals surface area contributed by atoms with Crippen molar-refractivity contribution in [3.05, 3.63) is 82.3 Å². The predicted octanol–water partition coefficient (Wildman–Crippen LogP) is 2.60. The van der Waals surface area contributed by atoms with Crippen LogP contribution in [0, 0.1) is 6.92 Å². The Labute approximate surface area is 177 Å². The number of anilines is 2. The number of nitrogens with two attached hydrogens (primary N) is 1. The Morgan fingerprint density at radius 3 is 2.52 bits per heavy atom. The van der Waals surface area contributed by atoms with E-state index in [1.165, 1.54) is 41.2 Å². The molecule has 0 aliphatic heterocycles. The van der Waals surface area contributed by atoms with Crippen LogP contribution in [0.2, 0.25) is 0 Å². The lowest BCUT2D eigenvalue weighted by Crippen LogP contribution is -2.17. The van der Waals surface area contributed by atoms with Crippen molar-refractivity contribution in [1.82, 2.24) is 14.9 Å². The summed E-state index contributed by atoms with van der Waals surface area (Å²) < 4.78 is 33.4. The van der Waals surface area contributed by atoms with Crippen molar-refractivity contribution in [2.45, 2.75) is 11.8 Å². The van der Waals surface area contributed by atoms with Gasteiger partial charge in [-0.15, -0.1) is 0 Å². The maximum absolute atomic E-state index is 12.6. The highest BCUT2D eigenvalue weighted by atomic mass is 32.2. The Morgan fingerprint density at radius 1 is 1.16 bits per heavy atom. The van der Waals surface area contributed by atoms with Crippen LogP contribution in [0.25, 0.3) is 5.69 Å². The highest BCUT2D eigenvalue weighted by Crippen LogP contribution is 2.20. The Bertz CT molecular complexity index is 1400. The van der Waals surface area contributed by atoms with Crippen LogP contribution in [0.3, 0.4) is 0 Å². The summed E-state index contributed by atoms with van der Waals surface area (Å²) in [5.74, 6) is 0.195. The average Bonchev–Trinajstić information content (AvgIpc) is 3.29. The molecule has 0 aliphatic rings. The minimum absolute atomic E-state index is 0.0214. The minimum Gasteiger partial charge on any atom is -0.383 e. The van der Waals surface area contributed by atoms with E-state index < -0.39 is 10.0 Å². The van der Waals surface area contributed by atoms with Gasteiger partial charge >= 0.3 is 0 Å². The number of aliphatic imine (C=N–C) groups is 1. The number of hydrogen-bond acceptors (Lipinski definition) is 7. The zero-order valence-electron chi connectivity index (χ0n) is 16.3. The molecule has 2 aromatic heterocycles. The fourth-order valence-electron chi connectivity index (χ4n) is 2.80. The maximum Gasteiger partial charge on any atom is 0.282 e. The van der Waals surface area contributed by atoms with Crippen LogP contribution < -0.4 is 16.0 Å². The first-order valence-electron chi connectivity index (χ1n) is 9.10. The maximum atomic E-state index is 12.6. The molecule has 0 saturated heterocycles. The molecule has 0 bridgehead atoms. The molecule has 31 heavy (non-hydrogen) atoms. The molecular weight excluding hydrogens is 420 g/mol. The number of sulfonamides is 1. The molecule has 10 nitrogen and oxygen atoms in total. The molecule has 0 aliphatic carbocycles. The third-order valence-corrected chi connectivity index (χ3v) is 5.69. The molecule has 4 aromatic rings. The molecule has 11 heteroatoms. The largest absolute Gasteiger partial charge is 0.383 e. The summed E-state index contributed by atoms with van der Waals surface area (Å²) in [5.41, 5.74) is 7.42. The van der Waals surface area contributed by atoms with Crippen molar-refractivity contribution in [1.29, 1.82) is 0 Å². The molecule has 0 atom stereocenters. The Hall–Kier alpha value is -4.12. The van der Waals surface area contributed by atoms with Gasteiger partial charge in [-0.3, -0.25) is 14.9 Å². The van der Waals surface area contributed by atoms with Gasteiger partial charge in [-0.2, -0.15) is 0 Å². The van der Waals surface area contributed by atoms with E-state index in [-0.39, 0.29) is 27.7 Å². The fourth-order valence-corrected chi connectivity index (χ4v) is 3.78. The van der Waals surface area contributed by atoms with Crippen molar-refractivity contribution in [2.24, 2.45) is 4.99 Å². The van der Waals surface area contributed by atoms with Crippen molar-refractivity contribution < 1.29 is 12.9 Å². The lowest BCUT2D eigenvalue weighted by molar-refractivity contribution is 0.430. The number of hydrogen-bond donors (Lipinski definition) is 3. The van der Waals surface area contributed by atoms with E-state index in [0.29, 0.717) is 17.1 Å². The molecule has 0 spiro atoms. The monoisotopic (exact) mass is 438 g/mol. The van der Waals surface area contributed by atoms with Gasteiger partial charge in [-0.1, -0.05) is 23.4 Å². The van der Waals surface area contributed by atoms with Gasteiger partial charge in [-0.25, -0.2) is 17.8 Å². The molecule has 0 amide bonds. The van der Waals surface area contributed by atoms with Crippen molar-refractivity contribution in [2.75, 3.05) is 10.5 Å². The zero-order chi connectivity index (χ0) is 22.0. The quantitative estimate of drug-likeness (QED) is 0.394. The van der Waals surface area contributed by atoms with Crippen LogP contribution in [-0.2, 0) is 10.0 Å². The number of nitrogen functional groups attached to an aromatic ring is 1. The second kappa shape index (κ2) is 7.95. The standard InChI is InChI=1S/C20H18N6O4S/c1-13-11-18(30-24-13)25-31(28,29)16-9-7-14(8-10-16)22-12-17-19(21)23-26(20(17)27)15-5-3-2-4-6-15/h2-12,23,25H,21H2,1H3. The number of aromatic amines is 1. The number of nitrogens with zero attached hydrogens (tertiary/aromatic N) is 3. The van der Waals surface area contributed by atoms with Crippen LogP contribution in [0.1, 0.15) is 11.3 Å². The van der Waals surface area contributed by atoms with Crippen molar-refractivity contribution in [3.63, 3.8) is 0 Å². The van der Waals surface area contributed by atoms with E-state index in [1.54, 1.807) is 31.2 Å². The van der Waals surface area contributed by atoms with E-state index in [2.05, 4.69) is 20.0 Å². The van der Waals surface area contributed by atoms with Gasteiger partial charge in [-0.05, 0) is 43.3 Å². The van der Waals surface area contributed by atoms with Crippen molar-refractivity contribution >= 4 is 33.6 Å². The third-order valence-electron chi connectivity index (χ3n) is 4.32. The third kappa shape index (κ3) is 4.26. The number of nitrogens with one attached hydrogen (secondary N) is 2. The topological polar surface area (TPSA) is 148 Å². The number of H-pyrrole nitrogens is 1. The summed E-state index contributed by atoms with van der Waals surface area (Å²) in [6.07, 6.45) is 1.34. The van der Waals surface area contributed by atoms with E-state index >= 15 is 0 Å². The summed E-state index contributed by atoms with van der Waals surface area (Å²) >= 11 is 0. The van der Waals surface area contributed by atoms with Crippen molar-refractivity contribution in [3.8, 4) is 5.69 Å². The molecule has 0 radical (unpaired) electrons. The van der Waals surface area contributed by atoms with Gasteiger partial charge < -0.3 is 10.3 Å². The van der Waals surface area contributed by atoms with Gasteiger partial charge in [0.2, 0.25) is 5.88 Å². The molecule has 0 unspecified atom stereocenters. The van der Waals surface area contributed by atoms with Gasteiger partial charge in [0.15, 0.2) is 0 Å². The number of benzene rings is 2. The molecule has 158 valence electrons. The Morgan fingerprint density at radius 2 is 1.87 bits per heavy atom. The summed E-state index contributed by atoms with van der Waals surface area (Å²) in [4.78, 5) is 16.9. The van der Waals surface area contributed by atoms with E-state index in [1.807, 2.05) is 6.07 Å². The summed E-state index contributed by atoms with van der Waals surface area (Å²) in [5, 5.41) is 6.44. The number of aromatic nitrogens is 3. The fraction of sp³-hybridized carbons (Fsp3) is 0.0500. The zero-order valence-corrected chi connectivity index (χ0v) is 17.1. The number of aryl methyl sites for hydroxylation is 1. The molecule has 2 aromatic carbocycles. The highest BCUT2D eigenvalue weighted by Gasteiger charge is 2.16. The van der Waals surface area contributed by atoms with Crippen LogP contribution in [-0.4, -0.2) is 29.6 Å². The first kappa shape index (κ1) is 20.2. The lowest BCUT2D eigenvalue weighted by atomic mass is 10.3. The summed E-state index contributed by atoms with van der Waals surface area (Å²) in [6, 6.07) is 16.3. The number of rotatable bonds is 6. The molecular formula is C20H18N6O4S. The molecule has 0 saturated carbocycles. The second-order valence-corrected chi connectivity index (χ2v) is 8.29. The normalized spacial score (nSPS) is 11.8. The molecule has 0 fully saturated rings. The van der Waals surface area contributed by atoms with Gasteiger partial charge in [0.05, 0.1) is 22.0 Å². The van der Waals surface area contributed by atoms with Gasteiger partial charge in [0, 0.05) is 12.3 Å². The SMILES string of the molecule is Cc1cc(NS(=O)(=O)c2ccc(N=Cc3c(N)[nH]n(-c4ccccc4)c3=O)cc2)on1. The van der Waals surface area contributed by atoms with E-state index in [4.69, 9.17) is 10.3 Å². The van der Waals surface area contributed by atoms with E-state index in [0.717, 1.165) is 0 Å². The van der Waals surface area contributed by atoms with Gasteiger partial charge in [0.1, 0.15) is 11.4 Å². The average molecular weight is 438 g/mol. The van der Waals surface area contributed by atoms with Gasteiger partial charge in [0.25, 0.3) is 15.6 Å². The van der Waals surface area contributed by atoms with Crippen LogP contribution in [0.4, 0.5) is 17.4 Å². The van der Waals surface area contributed by atoms with Crippen LogP contribution in [0.15, 0.2) is 79.9 Å². The predicted molar refractivity (Wildman–Crippen MR) is 117 cm³/mol. The second-order valence-electron chi connectivity index (χ2n) is 6.61. The Balaban J connectivity index is 1.54. The minimum atomic E-state index is -3.84. The smallest absolute Gasteiger partial charge is 0.282 e. The molecule has 4 N–H and O–H groups in total. The summed E-state index contributed by atoms with van der Waals surface area (Å²) in [6.45, 7) is 1.68. The molecule has 2 heterocycles. The lowest BCUT2D eigenvalue weighted by Gasteiger charge is -2.04. The number of para-hydroxylation sites is 1. The Kier molecular flexibility index (Phi) is 5.17. The van der Waals surface area contributed by atoms with Crippen LogP contribution >= 0.6 is 0 Å². The first-order chi connectivity index (χ1) is 14.8. The first-order valence-corrected chi connectivity index (χ1v) is 10.6. The van der Waals surface area contributed by atoms with E-state index in [9.17, 15) is 13.2 Å². The highest BCUT2D eigenvalue weighted by molar-refractivity contribution is 7.92.